The van der Waals surface area contributed by atoms with E-state index in [9.17, 15) is 5.11 Å². The number of rotatable bonds is 6. The molecule has 0 heterocycles. The Balaban J connectivity index is 2.23. The van der Waals surface area contributed by atoms with Gasteiger partial charge >= 0.3 is 0 Å². The van der Waals surface area contributed by atoms with Crippen molar-refractivity contribution in [1.82, 2.24) is 0 Å². The van der Waals surface area contributed by atoms with Crippen molar-refractivity contribution in [1.29, 1.82) is 0 Å². The summed E-state index contributed by atoms with van der Waals surface area (Å²) in [5, 5.41) is 9.43. The Bertz CT molecular complexity index is 455. The summed E-state index contributed by atoms with van der Waals surface area (Å²) >= 11 is 0. The molecule has 1 saturated carbocycles. The number of methoxy groups -OCH3 is 2. The van der Waals surface area contributed by atoms with Gasteiger partial charge in [-0.3, -0.25) is 0 Å². The molecule has 0 unspecified atom stereocenters. The lowest BCUT2D eigenvalue weighted by Crippen LogP contribution is -2.29. The first-order chi connectivity index (χ1) is 9.05. The Labute approximate surface area is 114 Å². The molecule has 106 valence electrons. The Morgan fingerprint density at radius 3 is 2.26 bits per heavy atom. The van der Waals surface area contributed by atoms with E-state index in [2.05, 4.69) is 18.9 Å². The third kappa shape index (κ3) is 2.78. The lowest BCUT2D eigenvalue weighted by molar-refractivity contribution is 0.215. The van der Waals surface area contributed by atoms with Crippen LogP contribution in [-0.2, 0) is 0 Å². The summed E-state index contributed by atoms with van der Waals surface area (Å²) in [7, 11) is 5.35. The highest BCUT2D eigenvalue weighted by Gasteiger charge is 2.43. The molecule has 1 aliphatic carbocycles. The van der Waals surface area contributed by atoms with Crippen molar-refractivity contribution < 1.29 is 14.6 Å². The molecular formula is C15H23NO3. The fourth-order valence-corrected chi connectivity index (χ4v) is 2.51. The van der Waals surface area contributed by atoms with Gasteiger partial charge in [-0.2, -0.15) is 0 Å². The van der Waals surface area contributed by atoms with Crippen molar-refractivity contribution in [3.05, 3.63) is 17.7 Å². The largest absolute Gasteiger partial charge is 0.493 e. The first kappa shape index (κ1) is 14.0. The van der Waals surface area contributed by atoms with Gasteiger partial charge in [0.1, 0.15) is 0 Å². The van der Waals surface area contributed by atoms with E-state index < -0.39 is 0 Å². The molecule has 0 atom stereocenters. The van der Waals surface area contributed by atoms with Crippen LogP contribution in [0.3, 0.4) is 0 Å². The molecule has 0 aromatic heterocycles. The van der Waals surface area contributed by atoms with E-state index >= 15 is 0 Å². The average molecular weight is 265 g/mol. The smallest absolute Gasteiger partial charge is 0.162 e. The Hall–Kier alpha value is -1.42. The number of anilines is 1. The molecule has 1 aromatic carbocycles. The first-order valence-corrected chi connectivity index (χ1v) is 6.60. The third-order valence-electron chi connectivity index (χ3n) is 3.98. The maximum absolute atomic E-state index is 9.43. The number of ether oxygens (including phenoxy) is 2. The summed E-state index contributed by atoms with van der Waals surface area (Å²) in [4.78, 5) is 2.19. The van der Waals surface area contributed by atoms with Crippen molar-refractivity contribution >= 4 is 5.69 Å². The molecule has 0 spiro atoms. The summed E-state index contributed by atoms with van der Waals surface area (Å²) < 4.78 is 10.7. The summed E-state index contributed by atoms with van der Waals surface area (Å²) in [5.41, 5.74) is 2.38. The van der Waals surface area contributed by atoms with Crippen molar-refractivity contribution in [3.63, 3.8) is 0 Å². The summed E-state index contributed by atoms with van der Waals surface area (Å²) in [5.74, 6) is 1.49. The van der Waals surface area contributed by atoms with E-state index in [1.54, 1.807) is 14.2 Å². The van der Waals surface area contributed by atoms with Gasteiger partial charge in [0, 0.05) is 30.8 Å². The zero-order valence-electron chi connectivity index (χ0n) is 12.2. The van der Waals surface area contributed by atoms with E-state index in [1.165, 1.54) is 0 Å². The lowest BCUT2D eigenvalue weighted by Gasteiger charge is -2.26. The normalized spacial score (nSPS) is 16.1. The molecule has 4 nitrogen and oxygen atoms in total. The molecule has 1 aromatic rings. The number of benzene rings is 1. The average Bonchev–Trinajstić information content (AvgIpc) is 3.18. The zero-order chi connectivity index (χ0) is 14.0. The van der Waals surface area contributed by atoms with Crippen LogP contribution in [-0.4, -0.2) is 39.5 Å². The number of hydrogen-bond donors (Lipinski definition) is 1. The first-order valence-electron chi connectivity index (χ1n) is 6.60. The maximum Gasteiger partial charge on any atom is 0.162 e. The minimum Gasteiger partial charge on any atom is -0.493 e. The molecule has 19 heavy (non-hydrogen) atoms. The van der Waals surface area contributed by atoms with E-state index in [-0.39, 0.29) is 12.0 Å². The highest BCUT2D eigenvalue weighted by Crippen LogP contribution is 2.46. The summed E-state index contributed by atoms with van der Waals surface area (Å²) in [6.45, 7) is 3.20. The van der Waals surface area contributed by atoms with Crippen molar-refractivity contribution in [2.75, 3.05) is 39.3 Å². The van der Waals surface area contributed by atoms with Crippen LogP contribution in [0.5, 0.6) is 11.5 Å². The third-order valence-corrected chi connectivity index (χ3v) is 3.98. The van der Waals surface area contributed by atoms with Gasteiger partial charge in [0.05, 0.1) is 20.8 Å². The molecule has 4 heteroatoms. The number of nitrogens with zero attached hydrogens (tertiary/aromatic N) is 1. The zero-order valence-corrected chi connectivity index (χ0v) is 12.2. The number of aryl methyl sites for hydroxylation is 1. The van der Waals surface area contributed by atoms with Gasteiger partial charge in [-0.1, -0.05) is 0 Å². The van der Waals surface area contributed by atoms with E-state index in [0.29, 0.717) is 0 Å². The van der Waals surface area contributed by atoms with Crippen LogP contribution in [0.15, 0.2) is 12.1 Å². The Kier molecular flexibility index (Phi) is 3.90. The van der Waals surface area contributed by atoms with Gasteiger partial charge in [-0.15, -0.1) is 0 Å². The summed E-state index contributed by atoms with van der Waals surface area (Å²) in [6, 6.07) is 3.99. The minimum absolute atomic E-state index is 0.106. The molecular weight excluding hydrogens is 242 g/mol. The predicted molar refractivity (Wildman–Crippen MR) is 76.3 cm³/mol. The SMILES string of the molecule is COc1cc(C)c(N(C)CC2(CO)CC2)cc1OC. The second kappa shape index (κ2) is 5.29. The second-order valence-electron chi connectivity index (χ2n) is 5.51. The lowest BCUT2D eigenvalue weighted by atomic mass is 10.1. The highest BCUT2D eigenvalue weighted by atomic mass is 16.5. The Morgan fingerprint density at radius 2 is 1.79 bits per heavy atom. The second-order valence-corrected chi connectivity index (χ2v) is 5.51. The van der Waals surface area contributed by atoms with Crippen LogP contribution < -0.4 is 14.4 Å². The fourth-order valence-electron chi connectivity index (χ4n) is 2.51. The van der Waals surface area contributed by atoms with Gasteiger partial charge in [0.2, 0.25) is 0 Å². The standard InChI is InChI=1S/C15H23NO3/c1-11-7-13(18-3)14(19-4)8-12(11)16(2)9-15(10-17)5-6-15/h7-8,17H,5-6,9-10H2,1-4H3. The van der Waals surface area contributed by atoms with Crippen LogP contribution in [0, 0.1) is 12.3 Å². The topological polar surface area (TPSA) is 41.9 Å². The van der Waals surface area contributed by atoms with Crippen molar-refractivity contribution in [3.8, 4) is 11.5 Å². The van der Waals surface area contributed by atoms with Gasteiger partial charge in [-0.25, -0.2) is 0 Å². The highest BCUT2D eigenvalue weighted by molar-refractivity contribution is 5.61. The number of aliphatic hydroxyl groups excluding tert-OH is 1. The predicted octanol–water partition coefficient (Wildman–Crippen LogP) is 2.22. The molecule has 2 rings (SSSR count). The van der Waals surface area contributed by atoms with Crippen LogP contribution in [0.1, 0.15) is 18.4 Å². The van der Waals surface area contributed by atoms with Gasteiger partial charge in [0.25, 0.3) is 0 Å². The van der Waals surface area contributed by atoms with Crippen molar-refractivity contribution in [2.24, 2.45) is 5.41 Å². The van der Waals surface area contributed by atoms with Gasteiger partial charge in [-0.05, 0) is 31.4 Å². The van der Waals surface area contributed by atoms with Gasteiger partial charge < -0.3 is 19.5 Å². The summed E-state index contributed by atoms with van der Waals surface area (Å²) in [6.07, 6.45) is 2.22. The van der Waals surface area contributed by atoms with Crippen LogP contribution >= 0.6 is 0 Å². The van der Waals surface area contributed by atoms with Crippen LogP contribution in [0.25, 0.3) is 0 Å². The molecule has 0 radical (unpaired) electrons. The quantitative estimate of drug-likeness (QED) is 0.856. The minimum atomic E-state index is 0.106. The van der Waals surface area contributed by atoms with E-state index in [4.69, 9.17) is 9.47 Å². The maximum atomic E-state index is 9.43. The molecule has 0 bridgehead atoms. The van der Waals surface area contributed by atoms with Gasteiger partial charge in [0.15, 0.2) is 11.5 Å². The molecule has 0 aliphatic heterocycles. The molecule has 0 amide bonds. The Morgan fingerprint density at radius 1 is 1.21 bits per heavy atom. The molecule has 1 fully saturated rings. The fraction of sp³-hybridized carbons (Fsp3) is 0.600. The molecule has 1 N–H and O–H groups in total. The van der Waals surface area contributed by atoms with Crippen molar-refractivity contribution in [2.45, 2.75) is 19.8 Å². The number of aliphatic hydroxyl groups is 1. The number of hydrogen-bond acceptors (Lipinski definition) is 4. The molecule has 1 aliphatic rings. The molecule has 0 saturated heterocycles. The van der Waals surface area contributed by atoms with E-state index in [1.807, 2.05) is 12.1 Å². The van der Waals surface area contributed by atoms with E-state index in [0.717, 1.165) is 42.1 Å². The van der Waals surface area contributed by atoms with Crippen LogP contribution in [0.2, 0.25) is 0 Å². The monoisotopic (exact) mass is 265 g/mol. The van der Waals surface area contributed by atoms with Crippen LogP contribution in [0.4, 0.5) is 5.69 Å².